The van der Waals surface area contributed by atoms with Crippen molar-refractivity contribution in [2.75, 3.05) is 13.2 Å². The van der Waals surface area contributed by atoms with Crippen molar-refractivity contribution in [1.29, 1.82) is 0 Å². The van der Waals surface area contributed by atoms with Crippen LogP contribution in [0.15, 0.2) is 40.9 Å². The third-order valence-corrected chi connectivity index (χ3v) is 2.66. The summed E-state index contributed by atoms with van der Waals surface area (Å²) >= 11 is 0. The summed E-state index contributed by atoms with van der Waals surface area (Å²) in [5.74, 6) is -1.35. The van der Waals surface area contributed by atoms with E-state index < -0.39 is 11.9 Å². The van der Waals surface area contributed by atoms with Crippen LogP contribution in [0.2, 0.25) is 0 Å². The van der Waals surface area contributed by atoms with Crippen molar-refractivity contribution in [2.45, 2.75) is 27.2 Å². The first-order valence-corrected chi connectivity index (χ1v) is 7.22. The van der Waals surface area contributed by atoms with Gasteiger partial charge in [0.1, 0.15) is 5.57 Å². The number of hydrogen-bond acceptors (Lipinski definition) is 5. The van der Waals surface area contributed by atoms with Crippen LogP contribution in [0.1, 0.15) is 25.8 Å². The molecule has 0 N–H and O–H groups in total. The van der Waals surface area contributed by atoms with Crippen molar-refractivity contribution in [3.63, 3.8) is 0 Å². The molecule has 5 heteroatoms. The zero-order valence-corrected chi connectivity index (χ0v) is 13.2. The predicted octanol–water partition coefficient (Wildman–Crippen LogP) is 3.14. The highest BCUT2D eigenvalue weighted by Gasteiger charge is 2.19. The minimum absolute atomic E-state index is 0.0978. The van der Waals surface area contributed by atoms with Gasteiger partial charge in [-0.25, -0.2) is 9.59 Å². The Balaban J connectivity index is 2.75. The molecule has 0 unspecified atom stereocenters. The minimum Gasteiger partial charge on any atom is -0.462 e. The second kappa shape index (κ2) is 9.50. The summed E-state index contributed by atoms with van der Waals surface area (Å²) in [4.78, 5) is 27.7. The number of benzene rings is 1. The quantitative estimate of drug-likeness (QED) is 0.255. The Bertz CT molecular complexity index is 556. The van der Waals surface area contributed by atoms with Crippen LogP contribution in [0.3, 0.4) is 0 Å². The first kappa shape index (κ1) is 17.6. The van der Waals surface area contributed by atoms with E-state index in [1.807, 2.05) is 31.2 Å². The normalized spacial score (nSPS) is 10.3. The Hall–Kier alpha value is -2.43. The van der Waals surface area contributed by atoms with E-state index in [-0.39, 0.29) is 18.8 Å². The SMILES string of the molecule is CCOC(=O)C(=CCC=Nc1cccc(C)c1)C(=O)OCC. The molecule has 0 saturated heterocycles. The number of rotatable bonds is 7. The lowest BCUT2D eigenvalue weighted by atomic mass is 10.2. The van der Waals surface area contributed by atoms with Gasteiger partial charge in [0, 0.05) is 12.6 Å². The largest absolute Gasteiger partial charge is 0.462 e. The molecular weight excluding hydrogens is 282 g/mol. The standard InChI is InChI=1S/C17H21NO4/c1-4-21-16(19)15(17(20)22-5-2)10-7-11-18-14-9-6-8-13(3)12-14/h6,8-12H,4-5,7H2,1-3H3. The van der Waals surface area contributed by atoms with E-state index in [9.17, 15) is 9.59 Å². The van der Waals surface area contributed by atoms with Crippen LogP contribution in [-0.2, 0) is 19.1 Å². The fourth-order valence-electron chi connectivity index (χ4n) is 1.70. The molecule has 0 aliphatic heterocycles. The van der Waals surface area contributed by atoms with Crippen LogP contribution in [0.4, 0.5) is 5.69 Å². The van der Waals surface area contributed by atoms with Gasteiger partial charge in [-0.05, 0) is 38.5 Å². The fraction of sp³-hybridized carbons (Fsp3) is 0.353. The van der Waals surface area contributed by atoms with Gasteiger partial charge in [0.2, 0.25) is 0 Å². The fourth-order valence-corrected chi connectivity index (χ4v) is 1.70. The van der Waals surface area contributed by atoms with E-state index in [2.05, 4.69) is 4.99 Å². The summed E-state index contributed by atoms with van der Waals surface area (Å²) in [6.07, 6.45) is 3.43. The maximum absolute atomic E-state index is 11.7. The maximum Gasteiger partial charge on any atom is 0.345 e. The summed E-state index contributed by atoms with van der Waals surface area (Å²) in [6, 6.07) is 7.72. The number of hydrogen-bond donors (Lipinski definition) is 0. The van der Waals surface area contributed by atoms with E-state index in [4.69, 9.17) is 9.47 Å². The molecular formula is C17H21NO4. The predicted molar refractivity (Wildman–Crippen MR) is 85.3 cm³/mol. The second-order valence-electron chi connectivity index (χ2n) is 4.45. The molecule has 1 aromatic carbocycles. The molecule has 0 heterocycles. The van der Waals surface area contributed by atoms with E-state index in [1.54, 1.807) is 20.1 Å². The Morgan fingerprint density at radius 3 is 2.32 bits per heavy atom. The summed E-state index contributed by atoms with van der Waals surface area (Å²) in [6.45, 7) is 5.75. The van der Waals surface area contributed by atoms with Crippen molar-refractivity contribution in [3.05, 3.63) is 41.5 Å². The molecule has 1 rings (SSSR count). The smallest absolute Gasteiger partial charge is 0.345 e. The lowest BCUT2D eigenvalue weighted by Gasteiger charge is -2.05. The molecule has 0 aliphatic carbocycles. The van der Waals surface area contributed by atoms with Gasteiger partial charge in [0.25, 0.3) is 0 Å². The highest BCUT2D eigenvalue weighted by atomic mass is 16.6. The first-order chi connectivity index (χ1) is 10.6. The molecule has 0 radical (unpaired) electrons. The highest BCUT2D eigenvalue weighted by Crippen LogP contribution is 2.13. The molecule has 0 bridgehead atoms. The summed E-state index contributed by atoms with van der Waals surface area (Å²) in [5.41, 5.74) is 1.84. The van der Waals surface area contributed by atoms with Gasteiger partial charge in [0.05, 0.1) is 18.9 Å². The van der Waals surface area contributed by atoms with Crippen molar-refractivity contribution in [3.8, 4) is 0 Å². The van der Waals surface area contributed by atoms with Crippen LogP contribution >= 0.6 is 0 Å². The number of nitrogens with zero attached hydrogens (tertiary/aromatic N) is 1. The van der Waals surface area contributed by atoms with Crippen LogP contribution in [0.25, 0.3) is 0 Å². The van der Waals surface area contributed by atoms with Crippen LogP contribution in [-0.4, -0.2) is 31.4 Å². The Labute approximate surface area is 130 Å². The molecule has 0 fully saturated rings. The van der Waals surface area contributed by atoms with Gasteiger partial charge >= 0.3 is 11.9 Å². The molecule has 0 atom stereocenters. The third kappa shape index (κ3) is 5.91. The van der Waals surface area contributed by atoms with Crippen molar-refractivity contribution < 1.29 is 19.1 Å². The molecule has 5 nitrogen and oxygen atoms in total. The number of ether oxygens (including phenoxy) is 2. The summed E-state index contributed by atoms with van der Waals surface area (Å²) in [5, 5.41) is 0. The monoisotopic (exact) mass is 303 g/mol. The van der Waals surface area contributed by atoms with E-state index in [1.165, 1.54) is 6.08 Å². The summed E-state index contributed by atoms with van der Waals surface area (Å²) in [7, 11) is 0. The first-order valence-electron chi connectivity index (χ1n) is 7.22. The van der Waals surface area contributed by atoms with Crippen molar-refractivity contribution in [2.24, 2.45) is 4.99 Å². The number of allylic oxidation sites excluding steroid dienone is 1. The number of carbonyl (C=O) groups is 2. The average Bonchev–Trinajstić information content (AvgIpc) is 2.47. The van der Waals surface area contributed by atoms with Gasteiger partial charge in [-0.3, -0.25) is 4.99 Å². The van der Waals surface area contributed by atoms with E-state index in [0.717, 1.165) is 11.3 Å². The molecule has 1 aromatic rings. The van der Waals surface area contributed by atoms with Gasteiger partial charge in [0.15, 0.2) is 0 Å². The Kier molecular flexibility index (Phi) is 7.61. The summed E-state index contributed by atoms with van der Waals surface area (Å²) < 4.78 is 9.70. The Morgan fingerprint density at radius 1 is 1.14 bits per heavy atom. The average molecular weight is 303 g/mol. The van der Waals surface area contributed by atoms with Crippen LogP contribution in [0.5, 0.6) is 0 Å². The van der Waals surface area contributed by atoms with Crippen molar-refractivity contribution in [1.82, 2.24) is 0 Å². The maximum atomic E-state index is 11.7. The molecule has 118 valence electrons. The van der Waals surface area contributed by atoms with Gasteiger partial charge in [-0.2, -0.15) is 0 Å². The number of aryl methyl sites for hydroxylation is 1. The molecule has 0 amide bonds. The van der Waals surface area contributed by atoms with Crippen molar-refractivity contribution >= 4 is 23.8 Å². The van der Waals surface area contributed by atoms with Crippen LogP contribution in [0, 0.1) is 6.92 Å². The second-order valence-corrected chi connectivity index (χ2v) is 4.45. The lowest BCUT2D eigenvalue weighted by molar-refractivity contribution is -0.146. The molecule has 0 spiro atoms. The van der Waals surface area contributed by atoms with Crippen LogP contribution < -0.4 is 0 Å². The lowest BCUT2D eigenvalue weighted by Crippen LogP contribution is -2.18. The number of carbonyl (C=O) groups excluding carboxylic acids is 2. The van der Waals surface area contributed by atoms with E-state index >= 15 is 0 Å². The topological polar surface area (TPSA) is 65.0 Å². The zero-order chi connectivity index (χ0) is 16.4. The zero-order valence-electron chi connectivity index (χ0n) is 13.2. The highest BCUT2D eigenvalue weighted by molar-refractivity contribution is 6.14. The third-order valence-electron chi connectivity index (χ3n) is 2.66. The minimum atomic E-state index is -0.676. The number of esters is 2. The van der Waals surface area contributed by atoms with Gasteiger partial charge in [-0.1, -0.05) is 18.2 Å². The Morgan fingerprint density at radius 2 is 1.77 bits per heavy atom. The molecule has 0 aromatic heterocycles. The van der Waals surface area contributed by atoms with E-state index in [0.29, 0.717) is 6.42 Å². The molecule has 0 saturated carbocycles. The van der Waals surface area contributed by atoms with Gasteiger partial charge < -0.3 is 9.47 Å². The van der Waals surface area contributed by atoms with Gasteiger partial charge in [-0.15, -0.1) is 0 Å². The molecule has 22 heavy (non-hydrogen) atoms. The molecule has 0 aliphatic rings. The number of aliphatic imine (C=N–C) groups is 1.